The van der Waals surface area contributed by atoms with Gasteiger partial charge in [0.1, 0.15) is 4.64 Å². The van der Waals surface area contributed by atoms with Gasteiger partial charge in [0.25, 0.3) is 0 Å². The highest BCUT2D eigenvalue weighted by molar-refractivity contribution is 7.71. The van der Waals surface area contributed by atoms with Crippen molar-refractivity contribution in [3.05, 3.63) is 29.0 Å². The van der Waals surface area contributed by atoms with Crippen molar-refractivity contribution in [3.63, 3.8) is 0 Å². The molecule has 3 saturated carbocycles. The monoisotopic (exact) mass is 279 g/mol. The van der Waals surface area contributed by atoms with Gasteiger partial charge in [-0.15, -0.1) is 0 Å². The molecule has 0 radical (unpaired) electrons. The molecule has 0 amide bonds. The van der Waals surface area contributed by atoms with E-state index in [2.05, 4.69) is 0 Å². The van der Waals surface area contributed by atoms with Crippen LogP contribution in [-0.4, -0.2) is 23.8 Å². The average molecular weight is 279 g/mol. The highest BCUT2D eigenvalue weighted by Crippen LogP contribution is 2.73. The van der Waals surface area contributed by atoms with Crippen LogP contribution in [-0.2, 0) is 14.3 Å². The molecule has 0 saturated heterocycles. The molecule has 3 aliphatic rings. The standard InChI is InChI=1S/C13H13NO4S/c1-17-10(15)12-6-13(7-12,8-12)11(16)18-14-5-3-2-4-9(14)19/h2-5H,6-8H2,1H3. The van der Waals surface area contributed by atoms with Crippen LogP contribution in [0.4, 0.5) is 0 Å². The Labute approximate surface area is 115 Å². The van der Waals surface area contributed by atoms with Gasteiger partial charge in [0.2, 0.25) is 0 Å². The Bertz CT molecular complexity index is 601. The lowest BCUT2D eigenvalue weighted by molar-refractivity contribution is -0.235. The SMILES string of the molecule is COC(=O)C12CC(C(=O)On3ccccc3=S)(C1)C2. The van der Waals surface area contributed by atoms with Crippen LogP contribution in [0.3, 0.4) is 0 Å². The number of esters is 1. The zero-order valence-electron chi connectivity index (χ0n) is 10.4. The van der Waals surface area contributed by atoms with Gasteiger partial charge in [-0.05, 0) is 31.4 Å². The van der Waals surface area contributed by atoms with Crippen molar-refractivity contribution >= 4 is 24.2 Å². The number of nitrogens with zero attached hydrogens (tertiary/aromatic N) is 1. The van der Waals surface area contributed by atoms with Crippen molar-refractivity contribution in [2.24, 2.45) is 10.8 Å². The molecule has 0 N–H and O–H groups in total. The number of hydrogen-bond acceptors (Lipinski definition) is 5. The number of carbonyl (C=O) groups is 2. The van der Waals surface area contributed by atoms with E-state index in [0.29, 0.717) is 23.9 Å². The summed E-state index contributed by atoms with van der Waals surface area (Å²) >= 11 is 5.05. The van der Waals surface area contributed by atoms with Gasteiger partial charge in [-0.25, -0.2) is 4.79 Å². The first-order chi connectivity index (χ1) is 9.01. The second kappa shape index (κ2) is 3.90. The summed E-state index contributed by atoms with van der Waals surface area (Å²) in [4.78, 5) is 28.9. The highest BCUT2D eigenvalue weighted by Gasteiger charge is 2.76. The summed E-state index contributed by atoms with van der Waals surface area (Å²) in [6, 6.07) is 5.20. The number of pyridine rings is 1. The van der Waals surface area contributed by atoms with E-state index in [1.54, 1.807) is 24.4 Å². The molecule has 100 valence electrons. The van der Waals surface area contributed by atoms with Gasteiger partial charge < -0.3 is 9.57 Å². The van der Waals surface area contributed by atoms with E-state index in [1.165, 1.54) is 11.8 Å². The van der Waals surface area contributed by atoms with Gasteiger partial charge in [0.15, 0.2) is 0 Å². The first-order valence-electron chi connectivity index (χ1n) is 6.00. The maximum absolute atomic E-state index is 12.1. The Morgan fingerprint density at radius 3 is 2.42 bits per heavy atom. The van der Waals surface area contributed by atoms with E-state index in [0.717, 1.165) is 0 Å². The lowest BCUT2D eigenvalue weighted by Crippen LogP contribution is -2.70. The van der Waals surface area contributed by atoms with Gasteiger partial charge in [-0.1, -0.05) is 18.3 Å². The maximum atomic E-state index is 12.1. The summed E-state index contributed by atoms with van der Waals surface area (Å²) in [6.45, 7) is 0. The van der Waals surface area contributed by atoms with Crippen LogP contribution in [0.15, 0.2) is 24.4 Å². The Kier molecular flexibility index (Phi) is 2.53. The number of ether oxygens (including phenoxy) is 1. The van der Waals surface area contributed by atoms with Crippen LogP contribution in [0.5, 0.6) is 0 Å². The van der Waals surface area contributed by atoms with Crippen molar-refractivity contribution in [3.8, 4) is 0 Å². The van der Waals surface area contributed by atoms with Crippen LogP contribution in [0, 0.1) is 15.5 Å². The first-order valence-corrected chi connectivity index (χ1v) is 6.41. The molecular weight excluding hydrogens is 266 g/mol. The summed E-state index contributed by atoms with van der Waals surface area (Å²) in [6.07, 6.45) is 3.16. The van der Waals surface area contributed by atoms with E-state index >= 15 is 0 Å². The average Bonchev–Trinajstić information content (AvgIpc) is 2.28. The van der Waals surface area contributed by atoms with E-state index in [-0.39, 0.29) is 11.9 Å². The van der Waals surface area contributed by atoms with Gasteiger partial charge in [0, 0.05) is 6.20 Å². The van der Waals surface area contributed by atoms with Crippen LogP contribution in [0.2, 0.25) is 0 Å². The molecule has 0 aliphatic heterocycles. The van der Waals surface area contributed by atoms with Gasteiger partial charge >= 0.3 is 11.9 Å². The minimum absolute atomic E-state index is 0.224. The fourth-order valence-corrected chi connectivity index (χ4v) is 3.29. The molecule has 1 aromatic rings. The van der Waals surface area contributed by atoms with Crippen LogP contribution >= 0.6 is 12.2 Å². The molecule has 1 heterocycles. The van der Waals surface area contributed by atoms with Gasteiger partial charge in [-0.2, -0.15) is 4.73 Å². The molecule has 1 aromatic heterocycles. The molecule has 0 unspecified atom stereocenters. The summed E-state index contributed by atoms with van der Waals surface area (Å²) < 4.78 is 6.46. The van der Waals surface area contributed by atoms with Crippen LogP contribution in [0.1, 0.15) is 19.3 Å². The molecule has 3 aliphatic carbocycles. The Morgan fingerprint density at radius 1 is 1.21 bits per heavy atom. The number of aromatic nitrogens is 1. The topological polar surface area (TPSA) is 57.5 Å². The van der Waals surface area contributed by atoms with Crippen LogP contribution in [0.25, 0.3) is 0 Å². The zero-order chi connectivity index (χ0) is 13.7. The van der Waals surface area contributed by atoms with Crippen molar-refractivity contribution in [1.82, 2.24) is 4.73 Å². The Hall–Kier alpha value is -1.69. The molecular formula is C13H13NO4S. The van der Waals surface area contributed by atoms with E-state index in [9.17, 15) is 9.59 Å². The fourth-order valence-electron chi connectivity index (χ4n) is 3.11. The van der Waals surface area contributed by atoms with Gasteiger partial charge in [-0.3, -0.25) is 4.79 Å². The lowest BCUT2D eigenvalue weighted by Gasteiger charge is -2.65. The largest absolute Gasteiger partial charge is 0.469 e. The second-order valence-corrected chi connectivity index (χ2v) is 5.74. The number of carbonyl (C=O) groups excluding carboxylic acids is 2. The normalized spacial score (nSPS) is 30.8. The maximum Gasteiger partial charge on any atom is 0.339 e. The minimum Gasteiger partial charge on any atom is -0.469 e. The summed E-state index contributed by atoms with van der Waals surface area (Å²) in [5.41, 5.74) is -0.954. The van der Waals surface area contributed by atoms with E-state index in [1.807, 2.05) is 0 Å². The molecule has 0 spiro atoms. The van der Waals surface area contributed by atoms with Gasteiger partial charge in [0.05, 0.1) is 17.9 Å². The third-order valence-electron chi connectivity index (χ3n) is 4.05. The number of methoxy groups -OCH3 is 1. The summed E-state index contributed by atoms with van der Waals surface area (Å²) in [7, 11) is 1.37. The first kappa shape index (κ1) is 12.3. The minimum atomic E-state index is -0.515. The van der Waals surface area contributed by atoms with Crippen molar-refractivity contribution in [1.29, 1.82) is 0 Å². The lowest BCUT2D eigenvalue weighted by atomic mass is 9.35. The van der Waals surface area contributed by atoms with Crippen LogP contribution < -0.4 is 4.84 Å². The van der Waals surface area contributed by atoms with E-state index in [4.69, 9.17) is 21.8 Å². The predicted molar refractivity (Wildman–Crippen MR) is 67.6 cm³/mol. The highest BCUT2D eigenvalue weighted by atomic mass is 32.1. The molecule has 5 nitrogen and oxygen atoms in total. The third-order valence-corrected chi connectivity index (χ3v) is 4.37. The quantitative estimate of drug-likeness (QED) is 0.620. The van der Waals surface area contributed by atoms with Crippen molar-refractivity contribution < 1.29 is 19.2 Å². The molecule has 2 bridgehead atoms. The number of rotatable bonds is 3. The fraction of sp³-hybridized carbons (Fsp3) is 0.462. The van der Waals surface area contributed by atoms with E-state index < -0.39 is 10.8 Å². The Balaban J connectivity index is 1.68. The molecule has 0 atom stereocenters. The molecule has 0 aromatic carbocycles. The zero-order valence-corrected chi connectivity index (χ0v) is 11.2. The molecule has 3 fully saturated rings. The smallest absolute Gasteiger partial charge is 0.339 e. The predicted octanol–water partition coefficient (Wildman–Crippen LogP) is 1.52. The molecule has 4 rings (SSSR count). The summed E-state index contributed by atoms with van der Waals surface area (Å²) in [5, 5.41) is 0. The summed E-state index contributed by atoms with van der Waals surface area (Å²) in [5.74, 6) is -0.543. The van der Waals surface area contributed by atoms with Crippen molar-refractivity contribution in [2.45, 2.75) is 19.3 Å². The van der Waals surface area contributed by atoms with Crippen molar-refractivity contribution in [2.75, 3.05) is 7.11 Å². The molecule has 6 heteroatoms. The molecule has 19 heavy (non-hydrogen) atoms. The second-order valence-electron chi connectivity index (χ2n) is 5.33. The number of hydrogen-bond donors (Lipinski definition) is 0. The third kappa shape index (κ3) is 1.63. The Morgan fingerprint density at radius 2 is 1.84 bits per heavy atom.